The Kier molecular flexibility index (Phi) is 7.52. The molecule has 2 N–H and O–H groups in total. The fourth-order valence-electron chi connectivity index (χ4n) is 2.26. The zero-order valence-corrected chi connectivity index (χ0v) is 16.6. The molecule has 156 valence electrons. The van der Waals surface area contributed by atoms with E-state index >= 15 is 0 Å². The quantitative estimate of drug-likeness (QED) is 0.686. The minimum Gasteiger partial charge on any atom is -0.486 e. The summed E-state index contributed by atoms with van der Waals surface area (Å²) in [5.41, 5.74) is 0.199. The molecule has 2 rings (SSSR count). The first-order chi connectivity index (χ1) is 13.6. The van der Waals surface area contributed by atoms with E-state index in [0.29, 0.717) is 5.56 Å². The van der Waals surface area contributed by atoms with E-state index in [4.69, 9.17) is 9.47 Å². The smallest absolute Gasteiger partial charge is 0.407 e. The molecule has 0 aromatic heterocycles. The van der Waals surface area contributed by atoms with Crippen LogP contribution in [0.15, 0.2) is 42.5 Å². The first kappa shape index (κ1) is 22.1. The molecule has 29 heavy (non-hydrogen) atoms. The molecule has 0 heterocycles. The number of benzene rings is 2. The Morgan fingerprint density at radius 3 is 2.24 bits per heavy atom. The van der Waals surface area contributed by atoms with Crippen LogP contribution in [0.4, 0.5) is 13.6 Å². The third-order valence-corrected chi connectivity index (χ3v) is 3.58. The van der Waals surface area contributed by atoms with Crippen LogP contribution in [0.5, 0.6) is 5.75 Å². The minimum atomic E-state index is -0.688. The molecule has 0 atom stereocenters. The number of ether oxygens (including phenoxy) is 2. The summed E-state index contributed by atoms with van der Waals surface area (Å²) >= 11 is 0. The van der Waals surface area contributed by atoms with Crippen LogP contribution in [-0.2, 0) is 11.3 Å². The van der Waals surface area contributed by atoms with Gasteiger partial charge in [0.1, 0.15) is 18.0 Å². The standard InChI is InChI=1S/C21H24F2N2O4/c1-21(2,3)29-20(27)25-11-10-24-19(26)15-6-9-18(17(23)12-15)28-13-14-4-7-16(22)8-5-14/h4-9,12H,10-11,13H2,1-3H3,(H,24,26)(H,25,27). The summed E-state index contributed by atoms with van der Waals surface area (Å²) in [4.78, 5) is 23.6. The number of carbonyl (C=O) groups is 2. The van der Waals surface area contributed by atoms with Crippen LogP contribution in [0.2, 0.25) is 0 Å². The Balaban J connectivity index is 1.80. The normalized spacial score (nSPS) is 10.9. The molecule has 6 nitrogen and oxygen atoms in total. The predicted molar refractivity (Wildman–Crippen MR) is 104 cm³/mol. The number of rotatable bonds is 7. The highest BCUT2D eigenvalue weighted by Crippen LogP contribution is 2.20. The van der Waals surface area contributed by atoms with Crippen molar-refractivity contribution < 1.29 is 27.8 Å². The maximum Gasteiger partial charge on any atom is 0.407 e. The zero-order chi connectivity index (χ0) is 21.4. The highest BCUT2D eigenvalue weighted by molar-refractivity contribution is 5.94. The van der Waals surface area contributed by atoms with Gasteiger partial charge in [-0.25, -0.2) is 13.6 Å². The van der Waals surface area contributed by atoms with Crippen LogP contribution in [0.25, 0.3) is 0 Å². The number of hydrogen-bond donors (Lipinski definition) is 2. The lowest BCUT2D eigenvalue weighted by molar-refractivity contribution is 0.0526. The SMILES string of the molecule is CC(C)(C)OC(=O)NCCNC(=O)c1ccc(OCc2ccc(F)cc2)c(F)c1. The number of amides is 2. The third kappa shape index (κ3) is 7.77. The molecule has 0 saturated carbocycles. The molecule has 0 aliphatic heterocycles. The molecule has 0 aliphatic carbocycles. The Bertz CT molecular complexity index is 849. The summed E-state index contributed by atoms with van der Waals surface area (Å²) < 4.78 is 37.5. The molecule has 0 unspecified atom stereocenters. The predicted octanol–water partition coefficient (Wildman–Crippen LogP) is 3.80. The maximum atomic E-state index is 14.2. The molecular formula is C21H24F2N2O4. The van der Waals surface area contributed by atoms with Gasteiger partial charge >= 0.3 is 6.09 Å². The first-order valence-corrected chi connectivity index (χ1v) is 9.06. The van der Waals surface area contributed by atoms with Gasteiger partial charge in [0.05, 0.1) is 0 Å². The molecule has 0 aliphatic rings. The van der Waals surface area contributed by atoms with Gasteiger partial charge in [0, 0.05) is 18.7 Å². The average molecular weight is 406 g/mol. The largest absolute Gasteiger partial charge is 0.486 e. The van der Waals surface area contributed by atoms with Crippen molar-refractivity contribution in [3.05, 3.63) is 65.2 Å². The molecule has 2 aromatic rings. The summed E-state index contributed by atoms with van der Waals surface area (Å²) in [5, 5.41) is 5.08. The number of alkyl carbamates (subject to hydrolysis) is 1. The summed E-state index contributed by atoms with van der Waals surface area (Å²) in [6.45, 7) is 5.63. The number of carbonyl (C=O) groups excluding carboxylic acids is 2. The number of halogens is 2. The molecule has 0 saturated heterocycles. The van der Waals surface area contributed by atoms with Crippen LogP contribution in [0.1, 0.15) is 36.7 Å². The zero-order valence-electron chi connectivity index (χ0n) is 16.6. The number of hydrogen-bond acceptors (Lipinski definition) is 4. The van der Waals surface area contributed by atoms with Crippen molar-refractivity contribution in [2.75, 3.05) is 13.1 Å². The van der Waals surface area contributed by atoms with Crippen LogP contribution in [-0.4, -0.2) is 30.7 Å². The molecule has 0 bridgehead atoms. The second-order valence-corrected chi connectivity index (χ2v) is 7.24. The minimum absolute atomic E-state index is 0.0162. The van der Waals surface area contributed by atoms with E-state index in [0.717, 1.165) is 6.07 Å². The Hall–Kier alpha value is -3.16. The molecule has 2 amide bonds. The maximum absolute atomic E-state index is 14.2. The molecule has 0 radical (unpaired) electrons. The van der Waals surface area contributed by atoms with E-state index in [2.05, 4.69) is 10.6 Å². The second-order valence-electron chi connectivity index (χ2n) is 7.24. The van der Waals surface area contributed by atoms with Crippen molar-refractivity contribution >= 4 is 12.0 Å². The van der Waals surface area contributed by atoms with E-state index in [9.17, 15) is 18.4 Å². The van der Waals surface area contributed by atoms with Crippen LogP contribution < -0.4 is 15.4 Å². The van der Waals surface area contributed by atoms with E-state index in [1.807, 2.05) is 0 Å². The van der Waals surface area contributed by atoms with Crippen molar-refractivity contribution in [3.8, 4) is 5.75 Å². The third-order valence-electron chi connectivity index (χ3n) is 3.58. The lowest BCUT2D eigenvalue weighted by Gasteiger charge is -2.19. The van der Waals surface area contributed by atoms with E-state index in [-0.39, 0.29) is 36.8 Å². The summed E-state index contributed by atoms with van der Waals surface area (Å²) in [7, 11) is 0. The Labute approximate surface area is 168 Å². The summed E-state index contributed by atoms with van der Waals surface area (Å²) in [5.74, 6) is -1.55. The van der Waals surface area contributed by atoms with E-state index < -0.39 is 23.4 Å². The highest BCUT2D eigenvalue weighted by atomic mass is 19.1. The van der Waals surface area contributed by atoms with E-state index in [1.54, 1.807) is 32.9 Å². The van der Waals surface area contributed by atoms with Crippen LogP contribution in [0.3, 0.4) is 0 Å². The lowest BCUT2D eigenvalue weighted by Crippen LogP contribution is -2.37. The van der Waals surface area contributed by atoms with Crippen molar-refractivity contribution in [1.82, 2.24) is 10.6 Å². The fourth-order valence-corrected chi connectivity index (χ4v) is 2.26. The van der Waals surface area contributed by atoms with Gasteiger partial charge in [-0.3, -0.25) is 4.79 Å². The second kappa shape index (κ2) is 9.86. The van der Waals surface area contributed by atoms with Gasteiger partial charge in [-0.05, 0) is 56.7 Å². The fraction of sp³-hybridized carbons (Fsp3) is 0.333. The molecule has 0 fully saturated rings. The number of nitrogens with one attached hydrogen (secondary N) is 2. The lowest BCUT2D eigenvalue weighted by atomic mass is 10.2. The summed E-state index contributed by atoms with van der Waals surface area (Å²) in [6.07, 6.45) is -0.583. The molecular weight excluding hydrogens is 382 g/mol. The van der Waals surface area contributed by atoms with Gasteiger partial charge in [0.25, 0.3) is 5.91 Å². The highest BCUT2D eigenvalue weighted by Gasteiger charge is 2.16. The first-order valence-electron chi connectivity index (χ1n) is 9.06. The van der Waals surface area contributed by atoms with Crippen molar-refractivity contribution in [2.45, 2.75) is 33.0 Å². The topological polar surface area (TPSA) is 76.7 Å². The molecule has 2 aromatic carbocycles. The Morgan fingerprint density at radius 1 is 0.966 bits per heavy atom. The Morgan fingerprint density at radius 2 is 1.62 bits per heavy atom. The van der Waals surface area contributed by atoms with Crippen molar-refractivity contribution in [2.24, 2.45) is 0 Å². The van der Waals surface area contributed by atoms with Gasteiger partial charge in [0.2, 0.25) is 0 Å². The van der Waals surface area contributed by atoms with Crippen LogP contribution >= 0.6 is 0 Å². The van der Waals surface area contributed by atoms with Gasteiger partial charge in [-0.1, -0.05) is 12.1 Å². The van der Waals surface area contributed by atoms with Gasteiger partial charge in [-0.15, -0.1) is 0 Å². The molecule has 0 spiro atoms. The van der Waals surface area contributed by atoms with Crippen molar-refractivity contribution in [1.29, 1.82) is 0 Å². The summed E-state index contributed by atoms with van der Waals surface area (Å²) in [6, 6.07) is 9.52. The monoisotopic (exact) mass is 406 g/mol. The van der Waals surface area contributed by atoms with Gasteiger partial charge in [0.15, 0.2) is 11.6 Å². The van der Waals surface area contributed by atoms with Crippen molar-refractivity contribution in [3.63, 3.8) is 0 Å². The van der Waals surface area contributed by atoms with Gasteiger partial charge in [-0.2, -0.15) is 0 Å². The average Bonchev–Trinajstić information content (AvgIpc) is 2.64. The van der Waals surface area contributed by atoms with Gasteiger partial charge < -0.3 is 20.1 Å². The van der Waals surface area contributed by atoms with E-state index in [1.165, 1.54) is 24.3 Å². The molecule has 8 heteroatoms. The van der Waals surface area contributed by atoms with Crippen LogP contribution in [0, 0.1) is 11.6 Å².